The number of rotatable bonds is 9. The zero-order chi connectivity index (χ0) is 26.5. The summed E-state index contributed by atoms with van der Waals surface area (Å²) >= 11 is 0. The van der Waals surface area contributed by atoms with Gasteiger partial charge < -0.3 is 24.6 Å². The molecule has 1 fully saturated rings. The van der Waals surface area contributed by atoms with E-state index < -0.39 is 17.7 Å². The van der Waals surface area contributed by atoms with Crippen LogP contribution in [0.15, 0.2) is 66.5 Å². The number of ether oxygens (including phenoxy) is 2. The van der Waals surface area contributed by atoms with Gasteiger partial charge in [0.2, 0.25) is 0 Å². The fraction of sp³-hybridized carbons (Fsp3) is 0.276. The van der Waals surface area contributed by atoms with Crippen molar-refractivity contribution in [2.45, 2.75) is 39.3 Å². The smallest absolute Gasteiger partial charge is 0.295 e. The number of Topliss-reactive ketones (excluding diaryl/α,β-unsaturated/α-hetero) is 1. The number of unbranched alkanes of at least 4 members (excludes halogenated alkanes) is 1. The number of hydrogen-bond donors (Lipinski definition) is 2. The number of carbonyl (C=O) groups is 2. The van der Waals surface area contributed by atoms with Crippen molar-refractivity contribution in [1.29, 1.82) is 0 Å². The van der Waals surface area contributed by atoms with Crippen LogP contribution >= 0.6 is 0 Å². The monoisotopic (exact) mass is 502 g/mol. The third-order valence-corrected chi connectivity index (χ3v) is 6.35. The Morgan fingerprint density at radius 1 is 1.14 bits per heavy atom. The van der Waals surface area contributed by atoms with Gasteiger partial charge in [0.15, 0.2) is 11.5 Å². The Labute approximate surface area is 215 Å². The number of amides is 1. The number of aliphatic hydroxyl groups excluding tert-OH is 1. The Kier molecular flexibility index (Phi) is 7.77. The van der Waals surface area contributed by atoms with Crippen molar-refractivity contribution in [2.24, 2.45) is 0 Å². The van der Waals surface area contributed by atoms with Crippen LogP contribution < -0.4 is 9.47 Å². The number of methoxy groups -OCH3 is 1. The predicted octanol–water partition coefficient (Wildman–Crippen LogP) is 4.91. The highest BCUT2D eigenvalue weighted by Crippen LogP contribution is 2.43. The minimum absolute atomic E-state index is 0.0376. The van der Waals surface area contributed by atoms with Crippen LogP contribution in [0.1, 0.15) is 48.1 Å². The molecule has 4 rings (SSSR count). The molecule has 0 saturated carbocycles. The minimum Gasteiger partial charge on any atom is -0.507 e. The molecule has 0 radical (unpaired) electrons. The summed E-state index contributed by atoms with van der Waals surface area (Å²) in [7, 11) is 1.42. The number of aliphatic hydroxyl groups is 1. The molecule has 0 aliphatic carbocycles. The summed E-state index contributed by atoms with van der Waals surface area (Å²) in [6, 6.07) is 12.5. The molecule has 3 aromatic rings. The van der Waals surface area contributed by atoms with Gasteiger partial charge in [-0.15, -0.1) is 0 Å². The summed E-state index contributed by atoms with van der Waals surface area (Å²) < 4.78 is 11.0. The number of pyridine rings is 1. The molecule has 2 N–H and O–H groups in total. The van der Waals surface area contributed by atoms with Gasteiger partial charge in [-0.3, -0.25) is 14.6 Å². The van der Waals surface area contributed by atoms with Crippen molar-refractivity contribution in [3.05, 3.63) is 88.8 Å². The molecule has 1 saturated heterocycles. The molecular weight excluding hydrogens is 472 g/mol. The second kappa shape index (κ2) is 11.2. The van der Waals surface area contributed by atoms with Crippen molar-refractivity contribution < 1.29 is 29.3 Å². The summed E-state index contributed by atoms with van der Waals surface area (Å²) in [5.41, 5.74) is 2.33. The van der Waals surface area contributed by atoms with E-state index in [-0.39, 0.29) is 29.4 Å². The number of likely N-dealkylation sites (tertiary alicyclic amines) is 1. The maximum absolute atomic E-state index is 13.3. The Hall–Kier alpha value is -4.33. The molecule has 0 spiro atoms. The molecule has 37 heavy (non-hydrogen) atoms. The van der Waals surface area contributed by atoms with Gasteiger partial charge in [0, 0.05) is 24.5 Å². The first-order valence-corrected chi connectivity index (χ1v) is 12.1. The zero-order valence-electron chi connectivity index (χ0n) is 21.1. The molecule has 1 aromatic heterocycles. The zero-order valence-corrected chi connectivity index (χ0v) is 21.1. The summed E-state index contributed by atoms with van der Waals surface area (Å²) in [5, 5.41) is 21.6. The van der Waals surface area contributed by atoms with E-state index in [9.17, 15) is 19.8 Å². The molecule has 8 nitrogen and oxygen atoms in total. The van der Waals surface area contributed by atoms with Gasteiger partial charge in [0.1, 0.15) is 11.5 Å². The number of aromatic hydroxyl groups is 1. The molecule has 1 unspecified atom stereocenters. The molecule has 1 amide bonds. The van der Waals surface area contributed by atoms with E-state index in [4.69, 9.17) is 9.47 Å². The maximum Gasteiger partial charge on any atom is 0.295 e. The number of benzene rings is 2. The van der Waals surface area contributed by atoms with Crippen LogP contribution in [0.5, 0.6) is 17.2 Å². The number of ketones is 1. The lowest BCUT2D eigenvalue weighted by Gasteiger charge is -2.26. The van der Waals surface area contributed by atoms with Crippen LogP contribution in [0.3, 0.4) is 0 Å². The average molecular weight is 503 g/mol. The number of nitrogens with zero attached hydrogens (tertiary/aromatic N) is 2. The number of carbonyl (C=O) groups excluding carboxylic acids is 2. The van der Waals surface area contributed by atoms with E-state index in [0.717, 1.165) is 18.4 Å². The van der Waals surface area contributed by atoms with Crippen LogP contribution in [-0.4, -0.2) is 45.5 Å². The Bertz CT molecular complexity index is 1340. The molecule has 1 atom stereocenters. The second-order valence-electron chi connectivity index (χ2n) is 8.90. The molecule has 8 heteroatoms. The third-order valence-electron chi connectivity index (χ3n) is 6.35. The highest BCUT2D eigenvalue weighted by atomic mass is 16.5. The van der Waals surface area contributed by atoms with Crippen molar-refractivity contribution in [3.63, 3.8) is 0 Å². The number of aromatic nitrogens is 1. The van der Waals surface area contributed by atoms with Gasteiger partial charge in [0.25, 0.3) is 11.7 Å². The van der Waals surface area contributed by atoms with Crippen LogP contribution in [0.4, 0.5) is 0 Å². The quantitative estimate of drug-likeness (QED) is 0.185. The van der Waals surface area contributed by atoms with Crippen LogP contribution in [0.2, 0.25) is 0 Å². The molecular formula is C29H30N2O6. The van der Waals surface area contributed by atoms with Crippen LogP contribution in [0.25, 0.3) is 5.76 Å². The van der Waals surface area contributed by atoms with Gasteiger partial charge in [-0.25, -0.2) is 0 Å². The normalized spacial score (nSPS) is 16.7. The fourth-order valence-electron chi connectivity index (χ4n) is 4.41. The van der Waals surface area contributed by atoms with Crippen molar-refractivity contribution in [3.8, 4) is 17.2 Å². The standard InChI is InChI=1S/C29H30N2O6/c1-4-5-13-37-21-9-10-22(18(2)14-21)27(33)25-26(20-8-11-23(32)24(15-20)36-3)31(29(35)28(25)34)17-19-7-6-12-30-16-19/h6-12,14-16,26,32-33H,4-5,13,17H2,1-3H3. The van der Waals surface area contributed by atoms with E-state index >= 15 is 0 Å². The van der Waals surface area contributed by atoms with Crippen molar-refractivity contribution in [1.82, 2.24) is 9.88 Å². The minimum atomic E-state index is -0.908. The fourth-order valence-corrected chi connectivity index (χ4v) is 4.41. The second-order valence-corrected chi connectivity index (χ2v) is 8.90. The summed E-state index contributed by atoms with van der Waals surface area (Å²) in [6.45, 7) is 4.58. The largest absolute Gasteiger partial charge is 0.507 e. The van der Waals surface area contributed by atoms with Gasteiger partial charge in [-0.05, 0) is 66.4 Å². The van der Waals surface area contributed by atoms with Crippen molar-refractivity contribution in [2.75, 3.05) is 13.7 Å². The lowest BCUT2D eigenvalue weighted by molar-refractivity contribution is -0.140. The van der Waals surface area contributed by atoms with Crippen LogP contribution in [0, 0.1) is 6.92 Å². The topological polar surface area (TPSA) is 109 Å². The first kappa shape index (κ1) is 25.8. The Morgan fingerprint density at radius 3 is 2.62 bits per heavy atom. The van der Waals surface area contributed by atoms with E-state index in [1.54, 1.807) is 48.8 Å². The third kappa shape index (κ3) is 5.28. The van der Waals surface area contributed by atoms with E-state index in [2.05, 4.69) is 11.9 Å². The highest BCUT2D eigenvalue weighted by Gasteiger charge is 2.46. The van der Waals surface area contributed by atoms with Gasteiger partial charge >= 0.3 is 0 Å². The molecule has 2 aromatic carbocycles. The van der Waals surface area contributed by atoms with Gasteiger partial charge in [-0.1, -0.05) is 25.5 Å². The van der Waals surface area contributed by atoms with Crippen LogP contribution in [-0.2, 0) is 16.1 Å². The molecule has 0 bridgehead atoms. The van der Waals surface area contributed by atoms with Gasteiger partial charge in [-0.2, -0.15) is 0 Å². The summed E-state index contributed by atoms with van der Waals surface area (Å²) in [4.78, 5) is 32.1. The van der Waals surface area contributed by atoms with Gasteiger partial charge in [0.05, 0.1) is 25.3 Å². The SMILES string of the molecule is CCCCOc1ccc(C(O)=C2C(=O)C(=O)N(Cc3cccnc3)C2c2ccc(O)c(OC)c2)c(C)c1. The lowest BCUT2D eigenvalue weighted by Crippen LogP contribution is -2.29. The summed E-state index contributed by atoms with van der Waals surface area (Å²) in [5.74, 6) is -1.03. The Morgan fingerprint density at radius 2 is 1.95 bits per heavy atom. The van der Waals surface area contributed by atoms with E-state index in [0.29, 0.717) is 29.0 Å². The maximum atomic E-state index is 13.3. The van der Waals surface area contributed by atoms with Crippen molar-refractivity contribution >= 4 is 17.4 Å². The molecule has 2 heterocycles. The number of phenols is 1. The Balaban J connectivity index is 1.82. The molecule has 192 valence electrons. The predicted molar refractivity (Wildman–Crippen MR) is 138 cm³/mol. The number of aryl methyl sites for hydroxylation is 1. The summed E-state index contributed by atoms with van der Waals surface area (Å²) in [6.07, 6.45) is 5.18. The molecule has 1 aliphatic heterocycles. The number of phenolic OH excluding ortho intramolecular Hbond substituents is 1. The lowest BCUT2D eigenvalue weighted by atomic mass is 9.93. The van der Waals surface area contributed by atoms with E-state index in [1.807, 2.05) is 13.0 Å². The first-order chi connectivity index (χ1) is 17.8. The highest BCUT2D eigenvalue weighted by molar-refractivity contribution is 6.46. The van der Waals surface area contributed by atoms with E-state index in [1.165, 1.54) is 18.1 Å². The molecule has 1 aliphatic rings. The number of hydrogen-bond acceptors (Lipinski definition) is 7. The first-order valence-electron chi connectivity index (χ1n) is 12.1. The average Bonchev–Trinajstić information content (AvgIpc) is 3.14.